The van der Waals surface area contributed by atoms with Crippen LogP contribution in [0.2, 0.25) is 5.02 Å². The zero-order chi connectivity index (χ0) is 18.2. The number of guanidine groups is 1. The molecule has 1 heterocycles. The van der Waals surface area contributed by atoms with Crippen molar-refractivity contribution in [1.29, 1.82) is 0 Å². The Labute approximate surface area is 157 Å². The monoisotopic (exact) mass is 368 g/mol. The number of hydrogen-bond donors (Lipinski definition) is 2. The first-order chi connectivity index (χ1) is 12.7. The summed E-state index contributed by atoms with van der Waals surface area (Å²) in [5, 5.41) is 11.5. The van der Waals surface area contributed by atoms with Crippen LogP contribution in [0.5, 0.6) is 0 Å². The van der Waals surface area contributed by atoms with Crippen LogP contribution in [0.4, 0.5) is 0 Å². The quantitative estimate of drug-likeness (QED) is 0.518. The number of nitrogens with zero attached hydrogens (tertiary/aromatic N) is 4. The zero-order valence-electron chi connectivity index (χ0n) is 14.6. The molecule has 2 N–H and O–H groups in total. The lowest BCUT2D eigenvalue weighted by Crippen LogP contribution is -2.36. The summed E-state index contributed by atoms with van der Waals surface area (Å²) in [6.07, 6.45) is 3.20. The maximum Gasteiger partial charge on any atom is 0.191 e. The second-order valence-corrected chi connectivity index (χ2v) is 6.12. The predicted molar refractivity (Wildman–Crippen MR) is 104 cm³/mol. The van der Waals surface area contributed by atoms with Gasteiger partial charge in [0.25, 0.3) is 0 Å². The Kier molecular flexibility index (Phi) is 6.22. The number of halogens is 1. The molecule has 26 heavy (non-hydrogen) atoms. The molecule has 0 bridgehead atoms. The molecule has 0 saturated carbocycles. The van der Waals surface area contributed by atoms with E-state index in [0.717, 1.165) is 34.3 Å². The molecule has 0 spiro atoms. The molecule has 0 unspecified atom stereocenters. The molecule has 0 amide bonds. The molecular weight excluding hydrogens is 348 g/mol. The van der Waals surface area contributed by atoms with Gasteiger partial charge in [-0.05, 0) is 42.3 Å². The van der Waals surface area contributed by atoms with Crippen molar-refractivity contribution in [2.45, 2.75) is 20.0 Å². The Bertz CT molecular complexity index is 843. The van der Waals surface area contributed by atoms with Crippen LogP contribution < -0.4 is 10.6 Å². The maximum absolute atomic E-state index is 6.02. The Hall–Kier alpha value is -2.86. The lowest BCUT2D eigenvalue weighted by molar-refractivity contribution is 0.814. The van der Waals surface area contributed by atoms with E-state index in [1.165, 1.54) is 6.33 Å². The molecule has 1 aromatic heterocycles. The van der Waals surface area contributed by atoms with Crippen molar-refractivity contribution in [3.05, 3.63) is 77.3 Å². The summed E-state index contributed by atoms with van der Waals surface area (Å²) in [7, 11) is 0. The predicted octanol–water partition coefficient (Wildman–Crippen LogP) is 3.18. The zero-order valence-corrected chi connectivity index (χ0v) is 15.3. The highest BCUT2D eigenvalue weighted by molar-refractivity contribution is 6.30. The molecule has 0 aliphatic carbocycles. The fraction of sp³-hybridized carbons (Fsp3) is 0.211. The van der Waals surface area contributed by atoms with Gasteiger partial charge in [-0.25, -0.2) is 14.7 Å². The van der Waals surface area contributed by atoms with E-state index in [1.54, 1.807) is 11.0 Å². The van der Waals surface area contributed by atoms with E-state index < -0.39 is 0 Å². The second-order valence-electron chi connectivity index (χ2n) is 5.69. The van der Waals surface area contributed by atoms with Crippen molar-refractivity contribution in [2.24, 2.45) is 4.99 Å². The van der Waals surface area contributed by atoms with Gasteiger partial charge in [0.15, 0.2) is 5.96 Å². The normalized spacial score (nSPS) is 11.4. The lowest BCUT2D eigenvalue weighted by atomic mass is 10.2. The van der Waals surface area contributed by atoms with Crippen molar-refractivity contribution < 1.29 is 0 Å². The Morgan fingerprint density at radius 3 is 2.65 bits per heavy atom. The number of benzene rings is 2. The third-order valence-electron chi connectivity index (χ3n) is 3.73. The molecule has 7 heteroatoms. The number of aliphatic imine (C=N–C) groups is 1. The van der Waals surface area contributed by atoms with Gasteiger partial charge in [0.1, 0.15) is 12.7 Å². The van der Waals surface area contributed by atoms with Crippen LogP contribution in [0.25, 0.3) is 5.69 Å². The van der Waals surface area contributed by atoms with Gasteiger partial charge >= 0.3 is 0 Å². The minimum Gasteiger partial charge on any atom is -0.357 e. The second kappa shape index (κ2) is 9.01. The van der Waals surface area contributed by atoms with Crippen LogP contribution in [-0.2, 0) is 13.1 Å². The average molecular weight is 369 g/mol. The SMILES string of the molecule is CCNC(=NCc1cccc(Cl)c1)NCc1ccc(-n2cncn2)cc1. The van der Waals surface area contributed by atoms with Gasteiger partial charge in [0, 0.05) is 18.1 Å². The molecule has 0 saturated heterocycles. The Balaban J connectivity index is 1.60. The summed E-state index contributed by atoms with van der Waals surface area (Å²) in [6.45, 7) is 4.09. The highest BCUT2D eigenvalue weighted by Crippen LogP contribution is 2.11. The molecule has 0 fully saturated rings. The van der Waals surface area contributed by atoms with Crippen LogP contribution >= 0.6 is 11.6 Å². The summed E-state index contributed by atoms with van der Waals surface area (Å²) < 4.78 is 1.73. The molecule has 6 nitrogen and oxygen atoms in total. The third kappa shape index (κ3) is 5.07. The molecule has 0 radical (unpaired) electrons. The molecule has 0 atom stereocenters. The fourth-order valence-corrected chi connectivity index (χ4v) is 2.65. The summed E-state index contributed by atoms with van der Waals surface area (Å²) in [5.74, 6) is 0.771. The van der Waals surface area contributed by atoms with Crippen LogP contribution in [0.15, 0.2) is 66.2 Å². The standard InChI is InChI=1S/C19H21ClN6/c1-2-22-19(24-12-16-4-3-5-17(20)10-16)23-11-15-6-8-18(9-7-15)26-14-21-13-25-26/h3-10,13-14H,2,11-12H2,1H3,(H2,22,23,24). The van der Waals surface area contributed by atoms with Gasteiger partial charge in [0.05, 0.1) is 12.2 Å². The minimum absolute atomic E-state index is 0.571. The third-order valence-corrected chi connectivity index (χ3v) is 3.97. The fourth-order valence-electron chi connectivity index (χ4n) is 2.44. The van der Waals surface area contributed by atoms with Crippen molar-refractivity contribution in [3.63, 3.8) is 0 Å². The van der Waals surface area contributed by atoms with E-state index in [2.05, 4.69) is 37.8 Å². The van der Waals surface area contributed by atoms with Crippen molar-refractivity contribution >= 4 is 17.6 Å². The maximum atomic E-state index is 6.02. The van der Waals surface area contributed by atoms with Gasteiger partial charge in [-0.15, -0.1) is 0 Å². The van der Waals surface area contributed by atoms with Gasteiger partial charge in [0.2, 0.25) is 0 Å². The first kappa shape index (κ1) is 17.9. The highest BCUT2D eigenvalue weighted by Gasteiger charge is 2.01. The first-order valence-electron chi connectivity index (χ1n) is 8.45. The molecule has 3 aromatic rings. The summed E-state index contributed by atoms with van der Waals surface area (Å²) in [6, 6.07) is 15.9. The summed E-state index contributed by atoms with van der Waals surface area (Å²) in [5.41, 5.74) is 3.21. The van der Waals surface area contributed by atoms with E-state index in [0.29, 0.717) is 13.1 Å². The van der Waals surface area contributed by atoms with E-state index in [-0.39, 0.29) is 0 Å². The average Bonchev–Trinajstić information content (AvgIpc) is 3.19. The molecule has 134 valence electrons. The van der Waals surface area contributed by atoms with Gasteiger partial charge < -0.3 is 10.6 Å². The molecule has 3 rings (SSSR count). The van der Waals surface area contributed by atoms with E-state index in [1.807, 2.05) is 43.3 Å². The van der Waals surface area contributed by atoms with Gasteiger partial charge in [-0.3, -0.25) is 0 Å². The largest absolute Gasteiger partial charge is 0.357 e. The number of hydrogen-bond acceptors (Lipinski definition) is 3. The van der Waals surface area contributed by atoms with Gasteiger partial charge in [-0.2, -0.15) is 5.10 Å². The van der Waals surface area contributed by atoms with Crippen molar-refractivity contribution in [2.75, 3.05) is 6.54 Å². The summed E-state index contributed by atoms with van der Waals surface area (Å²) >= 11 is 6.02. The first-order valence-corrected chi connectivity index (χ1v) is 8.83. The van der Waals surface area contributed by atoms with Crippen LogP contribution in [0, 0.1) is 0 Å². The number of rotatable bonds is 6. The van der Waals surface area contributed by atoms with Gasteiger partial charge in [-0.1, -0.05) is 35.9 Å². The lowest BCUT2D eigenvalue weighted by Gasteiger charge is -2.12. The smallest absolute Gasteiger partial charge is 0.191 e. The van der Waals surface area contributed by atoms with E-state index in [4.69, 9.17) is 11.6 Å². The molecular formula is C19H21ClN6. The topological polar surface area (TPSA) is 67.1 Å². The van der Waals surface area contributed by atoms with Crippen LogP contribution in [-0.4, -0.2) is 27.3 Å². The van der Waals surface area contributed by atoms with Crippen molar-refractivity contribution in [1.82, 2.24) is 25.4 Å². The Morgan fingerprint density at radius 2 is 1.96 bits per heavy atom. The summed E-state index contributed by atoms with van der Waals surface area (Å²) in [4.78, 5) is 8.57. The molecule has 0 aliphatic heterocycles. The number of nitrogens with one attached hydrogen (secondary N) is 2. The molecule has 2 aromatic carbocycles. The number of aromatic nitrogens is 3. The van der Waals surface area contributed by atoms with Crippen LogP contribution in [0.3, 0.4) is 0 Å². The van der Waals surface area contributed by atoms with E-state index in [9.17, 15) is 0 Å². The molecule has 0 aliphatic rings. The Morgan fingerprint density at radius 1 is 1.12 bits per heavy atom. The highest BCUT2D eigenvalue weighted by atomic mass is 35.5. The minimum atomic E-state index is 0.571. The van der Waals surface area contributed by atoms with E-state index >= 15 is 0 Å². The van der Waals surface area contributed by atoms with Crippen molar-refractivity contribution in [3.8, 4) is 5.69 Å². The van der Waals surface area contributed by atoms with Crippen LogP contribution in [0.1, 0.15) is 18.1 Å².